The van der Waals surface area contributed by atoms with Crippen molar-refractivity contribution in [2.24, 2.45) is 0 Å². The number of hydrogen-bond donors (Lipinski definition) is 2. The average molecular weight is 566 g/mol. The topological polar surface area (TPSA) is 75.3 Å². The molecule has 188 valence electrons. The first-order valence-electron chi connectivity index (χ1n) is 11.0. The predicted molar refractivity (Wildman–Crippen MR) is 148 cm³/mol. The van der Waals surface area contributed by atoms with Gasteiger partial charge in [0.05, 0.1) is 16.3 Å². The number of benzene rings is 3. The number of thiophene rings is 1. The summed E-state index contributed by atoms with van der Waals surface area (Å²) in [7, 11) is -3.64. The molecule has 0 aliphatic carbocycles. The second-order valence-corrected chi connectivity index (χ2v) is 12.8. The van der Waals surface area contributed by atoms with Gasteiger partial charge in [0.1, 0.15) is 5.82 Å². The van der Waals surface area contributed by atoms with Gasteiger partial charge in [0, 0.05) is 25.8 Å². The van der Waals surface area contributed by atoms with E-state index >= 15 is 0 Å². The predicted octanol–water partition coefficient (Wildman–Crippen LogP) is 7.69. The van der Waals surface area contributed by atoms with Crippen LogP contribution < -0.4 is 10.0 Å². The minimum atomic E-state index is -3.64. The van der Waals surface area contributed by atoms with E-state index in [4.69, 9.17) is 23.2 Å². The van der Waals surface area contributed by atoms with E-state index in [2.05, 4.69) is 23.9 Å². The third-order valence-electron chi connectivity index (χ3n) is 5.92. The maximum atomic E-state index is 14.5. The second kappa shape index (κ2) is 10.0. The lowest BCUT2D eigenvalue weighted by molar-refractivity contribution is 0.103. The number of halogens is 3. The zero-order chi connectivity index (χ0) is 26.3. The molecule has 0 saturated heterocycles. The molecule has 0 spiro atoms. The van der Waals surface area contributed by atoms with Gasteiger partial charge in [-0.25, -0.2) is 12.8 Å². The Morgan fingerprint density at radius 1 is 0.972 bits per heavy atom. The lowest BCUT2D eigenvalue weighted by Gasteiger charge is -2.27. The van der Waals surface area contributed by atoms with Gasteiger partial charge >= 0.3 is 0 Å². The van der Waals surface area contributed by atoms with Crippen molar-refractivity contribution in [3.05, 3.63) is 92.5 Å². The van der Waals surface area contributed by atoms with Gasteiger partial charge in [0.25, 0.3) is 5.91 Å². The number of carbonyl (C=O) groups excluding carboxylic acids is 1. The summed E-state index contributed by atoms with van der Waals surface area (Å²) in [5, 5.41) is 4.54. The Hall–Kier alpha value is -2.65. The van der Waals surface area contributed by atoms with E-state index in [-0.39, 0.29) is 17.3 Å². The van der Waals surface area contributed by atoms with Crippen LogP contribution in [-0.4, -0.2) is 20.1 Å². The van der Waals surface area contributed by atoms with E-state index < -0.39 is 21.3 Å². The minimum Gasteiger partial charge on any atom is -0.321 e. The van der Waals surface area contributed by atoms with Crippen molar-refractivity contribution in [2.45, 2.75) is 26.2 Å². The fraction of sp³-hybridized carbons (Fsp3) is 0.192. The van der Waals surface area contributed by atoms with Crippen molar-refractivity contribution in [3.63, 3.8) is 0 Å². The Bertz CT molecular complexity index is 1570. The van der Waals surface area contributed by atoms with E-state index in [9.17, 15) is 17.6 Å². The van der Waals surface area contributed by atoms with Crippen molar-refractivity contribution in [2.75, 3.05) is 15.8 Å². The number of hydrogen-bond acceptors (Lipinski definition) is 4. The van der Waals surface area contributed by atoms with Crippen molar-refractivity contribution in [3.8, 4) is 0 Å². The summed E-state index contributed by atoms with van der Waals surface area (Å²) >= 11 is 13.5. The molecule has 1 amide bonds. The van der Waals surface area contributed by atoms with Crippen LogP contribution >= 0.6 is 34.5 Å². The summed E-state index contributed by atoms with van der Waals surface area (Å²) in [5.41, 5.74) is 1.89. The van der Waals surface area contributed by atoms with Gasteiger partial charge < -0.3 is 5.32 Å². The first kappa shape index (κ1) is 26.4. The molecule has 3 aromatic carbocycles. The largest absolute Gasteiger partial charge is 0.321 e. The molecule has 1 heterocycles. The quantitative estimate of drug-likeness (QED) is 0.241. The number of amides is 1. The molecule has 36 heavy (non-hydrogen) atoms. The van der Waals surface area contributed by atoms with Crippen LogP contribution in [0.4, 0.5) is 15.8 Å². The molecule has 2 N–H and O–H groups in total. The van der Waals surface area contributed by atoms with E-state index in [0.717, 1.165) is 22.5 Å². The monoisotopic (exact) mass is 564 g/mol. The highest BCUT2D eigenvalue weighted by Crippen LogP contribution is 2.36. The highest BCUT2D eigenvalue weighted by atomic mass is 35.5. The summed E-state index contributed by atoms with van der Waals surface area (Å²) in [6.45, 7) is 5.57. The maximum absolute atomic E-state index is 14.5. The van der Waals surface area contributed by atoms with Crippen LogP contribution in [0.1, 0.15) is 41.6 Å². The summed E-state index contributed by atoms with van der Waals surface area (Å²) in [6, 6.07) is 17.1. The van der Waals surface area contributed by atoms with Crippen LogP contribution in [0.2, 0.25) is 10.0 Å². The average Bonchev–Trinajstić information content (AvgIpc) is 3.22. The molecule has 0 aliphatic heterocycles. The van der Waals surface area contributed by atoms with E-state index in [1.807, 2.05) is 36.4 Å². The van der Waals surface area contributed by atoms with Gasteiger partial charge in [-0.15, -0.1) is 11.3 Å². The third-order valence-corrected chi connectivity index (χ3v) is 8.78. The van der Waals surface area contributed by atoms with Gasteiger partial charge in [-0.2, -0.15) is 0 Å². The summed E-state index contributed by atoms with van der Waals surface area (Å²) in [5.74, 6) is -1.28. The molecule has 0 unspecified atom stereocenters. The molecule has 0 aliphatic rings. The number of nitrogens with one attached hydrogen (secondary N) is 2. The molecular formula is C26H23Cl2FN2O3S2. The van der Waals surface area contributed by atoms with Crippen LogP contribution in [0.3, 0.4) is 0 Å². The van der Waals surface area contributed by atoms with Crippen LogP contribution in [-0.2, 0) is 15.4 Å². The molecule has 5 nitrogen and oxygen atoms in total. The van der Waals surface area contributed by atoms with Crippen LogP contribution in [0.15, 0.2) is 60.7 Å². The van der Waals surface area contributed by atoms with Crippen molar-refractivity contribution in [1.82, 2.24) is 0 Å². The van der Waals surface area contributed by atoms with Gasteiger partial charge in [0.2, 0.25) is 10.0 Å². The number of sulfonamides is 1. The Balaban J connectivity index is 1.61. The van der Waals surface area contributed by atoms with Crippen LogP contribution in [0.5, 0.6) is 0 Å². The van der Waals surface area contributed by atoms with Gasteiger partial charge in [-0.1, -0.05) is 49.2 Å². The molecule has 4 aromatic rings. The first-order chi connectivity index (χ1) is 16.9. The highest BCUT2D eigenvalue weighted by Gasteiger charge is 2.24. The van der Waals surface area contributed by atoms with E-state index in [1.165, 1.54) is 19.1 Å². The lowest BCUT2D eigenvalue weighted by atomic mass is 9.78. The number of rotatable bonds is 7. The molecule has 0 fully saturated rings. The Labute approximate surface area is 223 Å². The standard InChI is InChI=1S/C26H23Cl2FN2O3S2/c1-4-36(33,34)31-22-9-15-10-24(35-23(15)14-21(22)29)25(32)30-20-12-17(11-19(28)13-20)26(2,3)16-5-7-18(27)8-6-16/h5-14,31H,4H2,1-3H3,(H,30,32). The normalized spacial score (nSPS) is 12.1. The highest BCUT2D eigenvalue weighted by molar-refractivity contribution is 7.92. The number of anilines is 2. The van der Waals surface area contributed by atoms with Crippen molar-refractivity contribution < 1.29 is 17.6 Å². The molecule has 1 aromatic heterocycles. The smallest absolute Gasteiger partial charge is 0.265 e. The summed E-state index contributed by atoms with van der Waals surface area (Å²) in [6.07, 6.45) is 0. The fourth-order valence-electron chi connectivity index (χ4n) is 3.74. The summed E-state index contributed by atoms with van der Waals surface area (Å²) < 4.78 is 40.9. The molecule has 10 heteroatoms. The van der Waals surface area contributed by atoms with E-state index in [0.29, 0.717) is 30.7 Å². The number of carbonyl (C=O) groups is 1. The molecule has 0 saturated carbocycles. The minimum absolute atomic E-state index is 0.155. The molecule has 4 rings (SSSR count). The lowest BCUT2D eigenvalue weighted by Crippen LogP contribution is -2.19. The SMILES string of the molecule is CCS(=O)(=O)Nc1cc2cc(C(=O)Nc3cc(Cl)cc(C(C)(C)c4ccc(Cl)cc4)c3)sc2cc1F. The van der Waals surface area contributed by atoms with Crippen LogP contribution in [0, 0.1) is 5.82 Å². The molecule has 0 radical (unpaired) electrons. The Kier molecular flexibility index (Phi) is 7.35. The first-order valence-corrected chi connectivity index (χ1v) is 14.2. The van der Waals surface area contributed by atoms with Gasteiger partial charge in [0.15, 0.2) is 0 Å². The second-order valence-electron chi connectivity index (χ2n) is 8.80. The van der Waals surface area contributed by atoms with Gasteiger partial charge in [-0.05, 0) is 72.0 Å². The molecular weight excluding hydrogens is 542 g/mol. The van der Waals surface area contributed by atoms with Crippen LogP contribution in [0.25, 0.3) is 10.1 Å². The maximum Gasteiger partial charge on any atom is 0.265 e. The van der Waals surface area contributed by atoms with E-state index in [1.54, 1.807) is 12.1 Å². The molecule has 0 atom stereocenters. The third kappa shape index (κ3) is 5.67. The number of fused-ring (bicyclic) bond motifs is 1. The fourth-order valence-corrected chi connectivity index (χ4v) is 5.70. The zero-order valence-electron chi connectivity index (χ0n) is 19.7. The van der Waals surface area contributed by atoms with Gasteiger partial charge in [-0.3, -0.25) is 9.52 Å². The zero-order valence-corrected chi connectivity index (χ0v) is 22.8. The van der Waals surface area contributed by atoms with Crippen molar-refractivity contribution in [1.29, 1.82) is 0 Å². The summed E-state index contributed by atoms with van der Waals surface area (Å²) in [4.78, 5) is 13.4. The molecule has 0 bridgehead atoms. The van der Waals surface area contributed by atoms with Crippen molar-refractivity contribution >= 4 is 71.9 Å². The Morgan fingerprint density at radius 2 is 1.67 bits per heavy atom. The Morgan fingerprint density at radius 3 is 2.33 bits per heavy atom.